The Hall–Kier alpha value is -0.530. The minimum Gasteiger partial charge on any atom is -0.462 e. The molecule has 0 bridgehead atoms. The highest BCUT2D eigenvalue weighted by atomic mass is 16.5. The Morgan fingerprint density at radius 3 is 2.32 bits per heavy atom. The van der Waals surface area contributed by atoms with Crippen LogP contribution >= 0.6 is 0 Å². The van der Waals surface area contributed by atoms with Crippen molar-refractivity contribution in [2.45, 2.75) is 112 Å². The van der Waals surface area contributed by atoms with Gasteiger partial charge in [-0.3, -0.25) is 4.79 Å². The Labute approximate surface area is 173 Å². The lowest BCUT2D eigenvalue weighted by Crippen LogP contribution is -2.61. The summed E-state index contributed by atoms with van der Waals surface area (Å²) in [6.45, 7) is 16.2. The Kier molecular flexibility index (Phi) is 4.80. The first-order chi connectivity index (χ1) is 12.9. The van der Waals surface area contributed by atoms with E-state index in [0.29, 0.717) is 16.2 Å². The van der Waals surface area contributed by atoms with Crippen molar-refractivity contribution in [1.29, 1.82) is 0 Å². The van der Waals surface area contributed by atoms with Crippen LogP contribution in [0.15, 0.2) is 0 Å². The third-order valence-electron chi connectivity index (χ3n) is 10.6. The molecule has 160 valence electrons. The van der Waals surface area contributed by atoms with E-state index < -0.39 is 5.41 Å². The summed E-state index contributed by atoms with van der Waals surface area (Å²) < 4.78 is 6.05. The molecule has 4 saturated carbocycles. The van der Waals surface area contributed by atoms with Crippen LogP contribution in [-0.4, -0.2) is 12.1 Å². The summed E-state index contributed by atoms with van der Waals surface area (Å²) in [6, 6.07) is 0. The molecule has 28 heavy (non-hydrogen) atoms. The SMILES string of the molecule is CC1C[C@H]2[C@@H]3CCC[C@@]3(C)CC[C@@H]2[C@@]2(C)CC[C@H](OC(=O)C(C)(C)C)CC12C. The molecule has 4 aliphatic rings. The Bertz CT molecular complexity index is 633. The third kappa shape index (κ3) is 2.90. The predicted molar refractivity (Wildman–Crippen MR) is 115 cm³/mol. The predicted octanol–water partition coefficient (Wildman–Crippen LogP) is 7.01. The molecule has 0 N–H and O–H groups in total. The largest absolute Gasteiger partial charge is 0.462 e. The van der Waals surface area contributed by atoms with E-state index in [1.807, 2.05) is 20.8 Å². The topological polar surface area (TPSA) is 26.3 Å². The molecule has 0 amide bonds. The smallest absolute Gasteiger partial charge is 0.311 e. The maximum absolute atomic E-state index is 12.5. The van der Waals surface area contributed by atoms with Crippen LogP contribution in [-0.2, 0) is 9.53 Å². The van der Waals surface area contributed by atoms with E-state index in [-0.39, 0.29) is 12.1 Å². The van der Waals surface area contributed by atoms with E-state index in [4.69, 9.17) is 4.74 Å². The molecule has 0 aromatic heterocycles. The lowest BCUT2D eigenvalue weighted by molar-refractivity contribution is -0.203. The van der Waals surface area contributed by atoms with Gasteiger partial charge in [0.15, 0.2) is 0 Å². The van der Waals surface area contributed by atoms with E-state index in [2.05, 4.69) is 27.7 Å². The van der Waals surface area contributed by atoms with E-state index in [0.717, 1.165) is 36.5 Å². The van der Waals surface area contributed by atoms with Crippen LogP contribution in [0.25, 0.3) is 0 Å². The molecule has 2 unspecified atom stereocenters. The number of esters is 1. The van der Waals surface area contributed by atoms with Crippen molar-refractivity contribution in [3.05, 3.63) is 0 Å². The van der Waals surface area contributed by atoms with Gasteiger partial charge in [0.05, 0.1) is 5.41 Å². The monoisotopic (exact) mass is 388 g/mol. The molecule has 0 spiro atoms. The summed E-state index contributed by atoms with van der Waals surface area (Å²) in [5, 5.41) is 0. The first-order valence-electron chi connectivity index (χ1n) is 12.1. The van der Waals surface area contributed by atoms with Gasteiger partial charge < -0.3 is 4.74 Å². The maximum atomic E-state index is 12.5. The molecule has 0 saturated heterocycles. The van der Waals surface area contributed by atoms with Gasteiger partial charge in [-0.2, -0.15) is 0 Å². The van der Waals surface area contributed by atoms with Crippen molar-refractivity contribution in [3.8, 4) is 0 Å². The van der Waals surface area contributed by atoms with Crippen LogP contribution in [0.3, 0.4) is 0 Å². The lowest BCUT2D eigenvalue weighted by atomic mass is 9.38. The summed E-state index contributed by atoms with van der Waals surface area (Å²) in [5.74, 6) is 3.47. The van der Waals surface area contributed by atoms with Crippen LogP contribution < -0.4 is 0 Å². The highest BCUT2D eigenvalue weighted by molar-refractivity contribution is 5.75. The number of fused-ring (bicyclic) bond motifs is 5. The molecule has 0 aliphatic heterocycles. The minimum atomic E-state index is -0.402. The highest BCUT2D eigenvalue weighted by Gasteiger charge is 2.64. The average molecular weight is 389 g/mol. The fourth-order valence-corrected chi connectivity index (χ4v) is 8.42. The number of hydrogen-bond acceptors (Lipinski definition) is 2. The minimum absolute atomic E-state index is 0.0227. The van der Waals surface area contributed by atoms with Gasteiger partial charge in [-0.1, -0.05) is 34.1 Å². The molecule has 0 aromatic rings. The van der Waals surface area contributed by atoms with Gasteiger partial charge in [0.1, 0.15) is 6.10 Å². The fourth-order valence-electron chi connectivity index (χ4n) is 8.42. The van der Waals surface area contributed by atoms with E-state index in [1.54, 1.807) is 0 Å². The molecule has 0 radical (unpaired) electrons. The van der Waals surface area contributed by atoms with Crippen molar-refractivity contribution in [2.75, 3.05) is 0 Å². The van der Waals surface area contributed by atoms with Gasteiger partial charge in [0, 0.05) is 0 Å². The van der Waals surface area contributed by atoms with Gasteiger partial charge >= 0.3 is 5.97 Å². The van der Waals surface area contributed by atoms with Crippen LogP contribution in [0.4, 0.5) is 0 Å². The van der Waals surface area contributed by atoms with Crippen LogP contribution in [0.1, 0.15) is 106 Å². The summed E-state index contributed by atoms with van der Waals surface area (Å²) in [5.41, 5.74) is 0.928. The van der Waals surface area contributed by atoms with Crippen molar-refractivity contribution in [1.82, 2.24) is 0 Å². The van der Waals surface area contributed by atoms with Crippen LogP contribution in [0.5, 0.6) is 0 Å². The maximum Gasteiger partial charge on any atom is 0.311 e. The summed E-state index contributed by atoms with van der Waals surface area (Å²) >= 11 is 0. The van der Waals surface area contributed by atoms with Gasteiger partial charge in [0.2, 0.25) is 0 Å². The van der Waals surface area contributed by atoms with E-state index in [1.165, 1.54) is 44.9 Å². The molecule has 4 rings (SSSR count). The molecule has 0 aromatic carbocycles. The fraction of sp³-hybridized carbons (Fsp3) is 0.962. The number of carbonyl (C=O) groups is 1. The lowest BCUT2D eigenvalue weighted by Gasteiger charge is -2.67. The Morgan fingerprint density at radius 2 is 1.64 bits per heavy atom. The van der Waals surface area contributed by atoms with Crippen molar-refractivity contribution in [2.24, 2.45) is 45.3 Å². The van der Waals surface area contributed by atoms with Crippen LogP contribution in [0, 0.1) is 45.3 Å². The van der Waals surface area contributed by atoms with Crippen molar-refractivity contribution >= 4 is 5.97 Å². The summed E-state index contributed by atoms with van der Waals surface area (Å²) in [6.07, 6.45) is 12.2. The number of rotatable bonds is 1. The second kappa shape index (κ2) is 6.48. The summed E-state index contributed by atoms with van der Waals surface area (Å²) in [4.78, 5) is 12.5. The normalized spacial score (nSPS) is 51.0. The van der Waals surface area contributed by atoms with Crippen molar-refractivity contribution < 1.29 is 9.53 Å². The van der Waals surface area contributed by atoms with Crippen LogP contribution in [0.2, 0.25) is 0 Å². The third-order valence-corrected chi connectivity index (χ3v) is 10.6. The molecular weight excluding hydrogens is 344 g/mol. The second-order valence-corrected chi connectivity index (χ2v) is 13.0. The van der Waals surface area contributed by atoms with E-state index >= 15 is 0 Å². The van der Waals surface area contributed by atoms with Gasteiger partial charge in [-0.25, -0.2) is 0 Å². The van der Waals surface area contributed by atoms with Gasteiger partial charge in [0.25, 0.3) is 0 Å². The summed E-state index contributed by atoms with van der Waals surface area (Å²) in [7, 11) is 0. The zero-order chi connectivity index (χ0) is 20.5. The molecule has 8 atom stereocenters. The molecule has 4 fully saturated rings. The molecule has 4 aliphatic carbocycles. The number of hydrogen-bond donors (Lipinski definition) is 0. The van der Waals surface area contributed by atoms with Crippen molar-refractivity contribution in [3.63, 3.8) is 0 Å². The molecule has 0 heterocycles. The van der Waals surface area contributed by atoms with E-state index in [9.17, 15) is 4.79 Å². The Morgan fingerprint density at radius 1 is 0.929 bits per heavy atom. The average Bonchev–Trinajstić information content (AvgIpc) is 2.99. The van der Waals surface area contributed by atoms with Gasteiger partial charge in [-0.15, -0.1) is 0 Å². The standard InChI is InChI=1S/C26H44O2/c1-17-15-19-20-9-8-12-24(20,5)13-11-21(19)25(6)14-10-18(16-26(17,25)7)28-22(27)23(2,3)4/h17-21H,8-16H2,1-7H3/t17?,18-,19-,20-,21-,24-,25+,26?/m0/s1. The second-order valence-electron chi connectivity index (χ2n) is 13.0. The zero-order valence-electron chi connectivity index (χ0n) is 19.6. The number of carbonyl (C=O) groups excluding carboxylic acids is 1. The Balaban J connectivity index is 1.57. The molecular formula is C26H44O2. The quantitative estimate of drug-likeness (QED) is 0.451. The zero-order valence-corrected chi connectivity index (χ0v) is 19.6. The molecule has 2 nitrogen and oxygen atoms in total. The highest BCUT2D eigenvalue weighted by Crippen LogP contribution is 2.71. The van der Waals surface area contributed by atoms with Gasteiger partial charge in [-0.05, 0) is 112 Å². The first-order valence-corrected chi connectivity index (χ1v) is 12.1. The first kappa shape index (κ1) is 20.7. The molecule has 2 heteroatoms. The number of ether oxygens (including phenoxy) is 1.